The summed E-state index contributed by atoms with van der Waals surface area (Å²) in [4.78, 5) is 17.1. The molecule has 0 aliphatic carbocycles. The molecule has 2 fully saturated rings. The number of aromatic nitrogens is 5. The van der Waals surface area contributed by atoms with Gasteiger partial charge in [-0.05, 0) is 48.2 Å². The molecule has 4 heterocycles. The van der Waals surface area contributed by atoms with Crippen molar-refractivity contribution in [1.82, 2.24) is 30.2 Å². The number of carbonyl (C=O) groups excluding carboxylic acids is 1. The van der Waals surface area contributed by atoms with Crippen molar-refractivity contribution >= 4 is 27.2 Å². The average Bonchev–Trinajstić information content (AvgIpc) is 3.31. The first-order valence-corrected chi connectivity index (χ1v) is 11.6. The van der Waals surface area contributed by atoms with Crippen molar-refractivity contribution in [2.45, 2.75) is 38.6 Å². The van der Waals surface area contributed by atoms with E-state index in [2.05, 4.69) is 25.5 Å². The Morgan fingerprint density at radius 1 is 1.25 bits per heavy atom. The van der Waals surface area contributed by atoms with Gasteiger partial charge in [-0.25, -0.2) is 8.42 Å². The van der Waals surface area contributed by atoms with Crippen LogP contribution in [0, 0.1) is 5.92 Å². The van der Waals surface area contributed by atoms with Gasteiger partial charge < -0.3 is 9.80 Å². The quantitative estimate of drug-likeness (QED) is 0.689. The van der Waals surface area contributed by atoms with Gasteiger partial charge in [-0.3, -0.25) is 4.79 Å². The van der Waals surface area contributed by atoms with E-state index >= 15 is 0 Å². The number of amides is 1. The van der Waals surface area contributed by atoms with E-state index in [0.29, 0.717) is 18.6 Å². The normalized spacial score (nSPS) is 22.6. The standard InChI is InChI=1S/C17H25N7O3S/c1-2-8-23(14-7-11-28(26,27)12-14)17(25)13-5-9-22(10-6-13)16-4-3-15-18-20-21-24(15)19-16/h3-4,13-14H,2,5-12H2,1H3/t14-/m1/s1. The highest BCUT2D eigenvalue weighted by molar-refractivity contribution is 7.91. The molecule has 0 unspecified atom stereocenters. The van der Waals surface area contributed by atoms with E-state index < -0.39 is 9.84 Å². The highest BCUT2D eigenvalue weighted by Crippen LogP contribution is 2.26. The lowest BCUT2D eigenvalue weighted by Gasteiger charge is -2.36. The molecule has 2 aromatic rings. The molecule has 0 aromatic carbocycles. The number of nitrogens with zero attached hydrogens (tertiary/aromatic N) is 7. The van der Waals surface area contributed by atoms with Crippen LogP contribution < -0.4 is 4.90 Å². The number of carbonyl (C=O) groups is 1. The third-order valence-electron chi connectivity index (χ3n) is 5.62. The van der Waals surface area contributed by atoms with Crippen LogP contribution in [0.1, 0.15) is 32.6 Å². The van der Waals surface area contributed by atoms with Crippen LogP contribution in [0.2, 0.25) is 0 Å². The molecule has 1 atom stereocenters. The summed E-state index contributed by atoms with van der Waals surface area (Å²) >= 11 is 0. The maximum absolute atomic E-state index is 13.1. The van der Waals surface area contributed by atoms with Gasteiger partial charge in [0.25, 0.3) is 0 Å². The van der Waals surface area contributed by atoms with Crippen LogP contribution in [0.3, 0.4) is 0 Å². The zero-order chi connectivity index (χ0) is 19.7. The van der Waals surface area contributed by atoms with Gasteiger partial charge in [-0.15, -0.1) is 14.8 Å². The summed E-state index contributed by atoms with van der Waals surface area (Å²) in [6.07, 6.45) is 2.85. The summed E-state index contributed by atoms with van der Waals surface area (Å²) in [7, 11) is -3.01. The van der Waals surface area contributed by atoms with Crippen LogP contribution in [-0.4, -0.2) is 81.7 Å². The molecule has 4 rings (SSSR count). The molecule has 28 heavy (non-hydrogen) atoms. The summed E-state index contributed by atoms with van der Waals surface area (Å²) in [6, 6.07) is 3.54. The molecule has 0 bridgehead atoms. The second-order valence-electron chi connectivity index (χ2n) is 7.57. The maximum Gasteiger partial charge on any atom is 0.226 e. The first-order chi connectivity index (χ1) is 13.5. The van der Waals surface area contributed by atoms with Gasteiger partial charge in [0.15, 0.2) is 21.3 Å². The van der Waals surface area contributed by atoms with Gasteiger partial charge in [-0.2, -0.15) is 0 Å². The zero-order valence-electron chi connectivity index (χ0n) is 15.9. The van der Waals surface area contributed by atoms with Crippen LogP contribution in [0.4, 0.5) is 5.82 Å². The Kier molecular flexibility index (Phi) is 5.17. The van der Waals surface area contributed by atoms with Gasteiger partial charge in [0.1, 0.15) is 0 Å². The molecule has 2 aliphatic rings. The second kappa shape index (κ2) is 7.61. The first kappa shape index (κ1) is 19.0. The van der Waals surface area contributed by atoms with Gasteiger partial charge in [0.2, 0.25) is 5.91 Å². The fourth-order valence-electron chi connectivity index (χ4n) is 4.13. The number of fused-ring (bicyclic) bond motifs is 1. The van der Waals surface area contributed by atoms with Gasteiger partial charge >= 0.3 is 0 Å². The summed E-state index contributed by atoms with van der Waals surface area (Å²) in [6.45, 7) is 4.09. The Bertz CT molecular complexity index is 953. The molecule has 2 saturated heterocycles. The number of anilines is 1. The van der Waals surface area contributed by atoms with Crippen molar-refractivity contribution in [2.75, 3.05) is 36.0 Å². The Balaban J connectivity index is 1.40. The minimum atomic E-state index is -3.01. The van der Waals surface area contributed by atoms with Crippen molar-refractivity contribution < 1.29 is 13.2 Å². The molecule has 11 heteroatoms. The third kappa shape index (κ3) is 3.80. The SMILES string of the molecule is CCCN(C(=O)C1CCN(c2ccc3nnnn3n2)CC1)[C@@H]1CCS(=O)(=O)C1. The summed E-state index contributed by atoms with van der Waals surface area (Å²) < 4.78 is 25.1. The number of tetrazole rings is 1. The van der Waals surface area contributed by atoms with Crippen molar-refractivity contribution in [1.29, 1.82) is 0 Å². The predicted molar refractivity (Wildman–Crippen MR) is 103 cm³/mol. The fourth-order valence-corrected chi connectivity index (χ4v) is 5.86. The van der Waals surface area contributed by atoms with Gasteiger partial charge in [0.05, 0.1) is 11.5 Å². The number of piperidine rings is 1. The lowest BCUT2D eigenvalue weighted by atomic mass is 9.94. The van der Waals surface area contributed by atoms with Crippen LogP contribution in [0.25, 0.3) is 5.65 Å². The molecule has 0 N–H and O–H groups in total. The Morgan fingerprint density at radius 2 is 2.04 bits per heavy atom. The number of hydrogen-bond acceptors (Lipinski definition) is 8. The highest BCUT2D eigenvalue weighted by Gasteiger charge is 2.37. The number of sulfone groups is 1. The minimum absolute atomic E-state index is 0.0668. The van der Waals surface area contributed by atoms with E-state index in [4.69, 9.17) is 0 Å². The zero-order valence-corrected chi connectivity index (χ0v) is 16.8. The fraction of sp³-hybridized carbons (Fsp3) is 0.706. The number of rotatable bonds is 5. The molecule has 0 radical (unpaired) electrons. The molecule has 10 nitrogen and oxygen atoms in total. The predicted octanol–water partition coefficient (Wildman–Crippen LogP) is 0.161. The van der Waals surface area contributed by atoms with Crippen LogP contribution >= 0.6 is 0 Å². The second-order valence-corrected chi connectivity index (χ2v) is 9.80. The smallest absolute Gasteiger partial charge is 0.226 e. The summed E-state index contributed by atoms with van der Waals surface area (Å²) in [5.41, 5.74) is 0.593. The van der Waals surface area contributed by atoms with Crippen molar-refractivity contribution in [2.24, 2.45) is 5.92 Å². The largest absolute Gasteiger partial charge is 0.355 e. The summed E-state index contributed by atoms with van der Waals surface area (Å²) in [5, 5.41) is 15.7. The van der Waals surface area contributed by atoms with Crippen LogP contribution in [-0.2, 0) is 14.6 Å². The van der Waals surface area contributed by atoms with E-state index in [9.17, 15) is 13.2 Å². The van der Waals surface area contributed by atoms with E-state index in [1.54, 1.807) is 0 Å². The molecule has 152 valence electrons. The minimum Gasteiger partial charge on any atom is -0.355 e. The molecular weight excluding hydrogens is 382 g/mol. The topological polar surface area (TPSA) is 114 Å². The lowest BCUT2D eigenvalue weighted by molar-refractivity contribution is -0.138. The van der Waals surface area contributed by atoms with Crippen LogP contribution in [0.15, 0.2) is 12.1 Å². The average molecular weight is 408 g/mol. The Hall–Kier alpha value is -2.30. The van der Waals surface area contributed by atoms with E-state index in [1.165, 1.54) is 4.63 Å². The monoisotopic (exact) mass is 407 g/mol. The van der Waals surface area contributed by atoms with Crippen molar-refractivity contribution in [3.05, 3.63) is 12.1 Å². The van der Waals surface area contributed by atoms with Crippen LogP contribution in [0.5, 0.6) is 0 Å². The van der Waals surface area contributed by atoms with E-state index in [-0.39, 0.29) is 29.4 Å². The molecule has 1 amide bonds. The Morgan fingerprint density at radius 3 is 2.71 bits per heavy atom. The van der Waals surface area contributed by atoms with Gasteiger partial charge in [-0.1, -0.05) is 6.92 Å². The highest BCUT2D eigenvalue weighted by atomic mass is 32.2. The molecule has 0 spiro atoms. The van der Waals surface area contributed by atoms with Gasteiger partial charge in [0, 0.05) is 31.6 Å². The molecule has 2 aliphatic heterocycles. The maximum atomic E-state index is 13.1. The van der Waals surface area contributed by atoms with Crippen molar-refractivity contribution in [3.63, 3.8) is 0 Å². The lowest BCUT2D eigenvalue weighted by Crippen LogP contribution is -2.47. The van der Waals surface area contributed by atoms with Crippen molar-refractivity contribution in [3.8, 4) is 0 Å². The molecule has 2 aromatic heterocycles. The Labute approximate surface area is 163 Å². The first-order valence-electron chi connectivity index (χ1n) is 9.78. The third-order valence-corrected chi connectivity index (χ3v) is 7.37. The molecular formula is C17H25N7O3S. The van der Waals surface area contributed by atoms with E-state index in [0.717, 1.165) is 38.2 Å². The molecule has 0 saturated carbocycles. The number of hydrogen-bond donors (Lipinski definition) is 0. The summed E-state index contributed by atoms with van der Waals surface area (Å²) in [5.74, 6) is 1.12. The van der Waals surface area contributed by atoms with E-state index in [1.807, 2.05) is 24.0 Å².